The number of nitriles is 1. The van der Waals surface area contributed by atoms with Gasteiger partial charge in [0.15, 0.2) is 18.3 Å². The molecule has 1 fully saturated rings. The lowest BCUT2D eigenvalue weighted by Gasteiger charge is -2.44. The Balaban J connectivity index is 2.33. The van der Waals surface area contributed by atoms with Gasteiger partial charge in [-0.15, -0.1) is 0 Å². The number of nitrogens with zero attached hydrogens (tertiary/aromatic N) is 1. The van der Waals surface area contributed by atoms with Gasteiger partial charge in [0.25, 0.3) is 5.60 Å². The lowest BCUT2D eigenvalue weighted by Crippen LogP contribution is -2.65. The molecule has 2 aliphatic heterocycles. The van der Waals surface area contributed by atoms with Gasteiger partial charge in [0.2, 0.25) is 5.91 Å². The zero-order chi connectivity index (χ0) is 18.1. The highest BCUT2D eigenvalue weighted by Gasteiger charge is 2.54. The van der Waals surface area contributed by atoms with Crippen molar-refractivity contribution < 1.29 is 44.5 Å². The predicted octanol–water partition coefficient (Wildman–Crippen LogP) is -3.96. The number of carbonyl (C=O) groups is 1. The van der Waals surface area contributed by atoms with Crippen LogP contribution >= 0.6 is 0 Å². The average molecular weight is 346 g/mol. The first-order chi connectivity index (χ1) is 11.3. The first-order valence-electron chi connectivity index (χ1n) is 6.95. The van der Waals surface area contributed by atoms with Gasteiger partial charge >= 0.3 is 0 Å². The molecule has 1 amide bonds. The SMILES string of the molecule is COC1=CC(=O)N[C@H](O)[C@]1(C#N)O[C@@H]1O[C@H](CO)[C@@H](O)[C@H](O)[C@H]1O. The number of rotatable bonds is 4. The van der Waals surface area contributed by atoms with Crippen LogP contribution in [0.2, 0.25) is 0 Å². The summed E-state index contributed by atoms with van der Waals surface area (Å²) in [4.78, 5) is 11.4. The monoisotopic (exact) mass is 346 g/mol. The van der Waals surface area contributed by atoms with Crippen LogP contribution in [0, 0.1) is 11.3 Å². The first kappa shape index (κ1) is 18.6. The molecule has 134 valence electrons. The van der Waals surface area contributed by atoms with Gasteiger partial charge in [-0.25, -0.2) is 0 Å². The summed E-state index contributed by atoms with van der Waals surface area (Å²) < 4.78 is 15.4. The highest BCUT2D eigenvalue weighted by atomic mass is 16.7. The summed E-state index contributed by atoms with van der Waals surface area (Å²) in [5, 5.41) is 60.2. The number of methoxy groups -OCH3 is 1. The van der Waals surface area contributed by atoms with Crippen LogP contribution < -0.4 is 5.32 Å². The van der Waals surface area contributed by atoms with Gasteiger partial charge in [-0.3, -0.25) is 4.79 Å². The molecular weight excluding hydrogens is 328 g/mol. The van der Waals surface area contributed by atoms with E-state index in [1.807, 2.05) is 5.32 Å². The van der Waals surface area contributed by atoms with E-state index in [9.17, 15) is 30.5 Å². The van der Waals surface area contributed by atoms with Crippen LogP contribution in [0.15, 0.2) is 11.8 Å². The molecule has 0 radical (unpaired) electrons. The fraction of sp³-hybridized carbons (Fsp3) is 0.692. The lowest BCUT2D eigenvalue weighted by molar-refractivity contribution is -0.327. The van der Waals surface area contributed by atoms with E-state index in [0.29, 0.717) is 0 Å². The molecule has 2 heterocycles. The minimum Gasteiger partial charge on any atom is -0.496 e. The summed E-state index contributed by atoms with van der Waals surface area (Å²) in [5.41, 5.74) is -2.27. The summed E-state index contributed by atoms with van der Waals surface area (Å²) in [7, 11) is 1.14. The summed E-state index contributed by atoms with van der Waals surface area (Å²) in [6.45, 7) is -0.698. The van der Waals surface area contributed by atoms with Crippen molar-refractivity contribution in [2.75, 3.05) is 13.7 Å². The van der Waals surface area contributed by atoms with Gasteiger partial charge in [0, 0.05) is 6.08 Å². The van der Waals surface area contributed by atoms with Crippen molar-refractivity contribution in [3.63, 3.8) is 0 Å². The largest absolute Gasteiger partial charge is 0.496 e. The van der Waals surface area contributed by atoms with E-state index in [1.165, 1.54) is 0 Å². The molecule has 0 bridgehead atoms. The van der Waals surface area contributed by atoms with Crippen LogP contribution in [0.1, 0.15) is 0 Å². The summed E-state index contributed by atoms with van der Waals surface area (Å²) in [6.07, 6.45) is -9.10. The Morgan fingerprint density at radius 3 is 2.54 bits per heavy atom. The Hall–Kier alpha value is -1.78. The molecule has 0 aromatic carbocycles. The van der Waals surface area contributed by atoms with E-state index in [0.717, 1.165) is 13.2 Å². The standard InChI is InChI=1S/C13H18N2O9/c1-22-6-2-7(17)15-12(21)13(6,4-14)24-11-10(20)9(19)8(18)5(3-16)23-11/h2,5,8-12,16,18-21H,3H2,1H3,(H,15,17)/t5-,8-,9+,10-,11+,12-,13-/m1/s1. The van der Waals surface area contributed by atoms with Gasteiger partial charge in [-0.2, -0.15) is 5.26 Å². The number of aliphatic hydroxyl groups is 5. The van der Waals surface area contributed by atoms with Crippen LogP contribution in [0.5, 0.6) is 0 Å². The topological polar surface area (TPSA) is 182 Å². The van der Waals surface area contributed by atoms with E-state index in [2.05, 4.69) is 0 Å². The van der Waals surface area contributed by atoms with E-state index < -0.39 is 55.0 Å². The third kappa shape index (κ3) is 2.96. The molecule has 2 aliphatic rings. The molecule has 11 nitrogen and oxygen atoms in total. The zero-order valence-corrected chi connectivity index (χ0v) is 12.6. The Kier molecular flexibility index (Phi) is 5.41. The maximum absolute atomic E-state index is 11.4. The van der Waals surface area contributed by atoms with Crippen molar-refractivity contribution in [1.82, 2.24) is 5.32 Å². The summed E-state index contributed by atoms with van der Waals surface area (Å²) in [5.74, 6) is -1.08. The van der Waals surface area contributed by atoms with Crippen LogP contribution in [-0.4, -0.2) is 87.7 Å². The Morgan fingerprint density at radius 2 is 2.00 bits per heavy atom. The van der Waals surface area contributed by atoms with Crippen molar-refractivity contribution in [3.05, 3.63) is 11.8 Å². The molecule has 6 N–H and O–H groups in total. The van der Waals surface area contributed by atoms with Crippen molar-refractivity contribution in [2.24, 2.45) is 0 Å². The van der Waals surface area contributed by atoms with E-state index in [4.69, 9.17) is 19.3 Å². The van der Waals surface area contributed by atoms with E-state index in [1.54, 1.807) is 6.07 Å². The minimum absolute atomic E-state index is 0.349. The third-order valence-electron chi connectivity index (χ3n) is 3.83. The minimum atomic E-state index is -2.27. The number of amides is 1. The number of carbonyl (C=O) groups excluding carboxylic acids is 1. The normalized spacial score (nSPS) is 42.7. The first-order valence-corrected chi connectivity index (χ1v) is 6.95. The highest BCUT2D eigenvalue weighted by molar-refractivity contribution is 5.90. The number of ether oxygens (including phenoxy) is 3. The van der Waals surface area contributed by atoms with Crippen molar-refractivity contribution in [3.8, 4) is 6.07 Å². The van der Waals surface area contributed by atoms with Crippen molar-refractivity contribution in [1.29, 1.82) is 5.26 Å². The number of hydrogen-bond donors (Lipinski definition) is 6. The number of aliphatic hydroxyl groups excluding tert-OH is 5. The van der Waals surface area contributed by atoms with Crippen LogP contribution in [-0.2, 0) is 19.0 Å². The van der Waals surface area contributed by atoms with Crippen molar-refractivity contribution in [2.45, 2.75) is 42.5 Å². The molecule has 11 heteroatoms. The highest BCUT2D eigenvalue weighted by Crippen LogP contribution is 2.33. The molecule has 0 aromatic rings. The lowest BCUT2D eigenvalue weighted by atomic mass is 9.95. The Morgan fingerprint density at radius 1 is 1.33 bits per heavy atom. The Labute approximate surface area is 136 Å². The maximum atomic E-state index is 11.4. The van der Waals surface area contributed by atoms with Gasteiger partial charge in [0.05, 0.1) is 13.7 Å². The molecular formula is C13H18N2O9. The summed E-state index contributed by atoms with van der Waals surface area (Å²) in [6, 6.07) is 1.64. The molecule has 0 spiro atoms. The smallest absolute Gasteiger partial charge is 0.258 e. The van der Waals surface area contributed by atoms with Gasteiger partial charge in [-0.1, -0.05) is 0 Å². The second kappa shape index (κ2) is 6.99. The van der Waals surface area contributed by atoms with Gasteiger partial charge < -0.3 is 45.1 Å². The fourth-order valence-electron chi connectivity index (χ4n) is 2.46. The molecule has 1 saturated heterocycles. The maximum Gasteiger partial charge on any atom is 0.258 e. The number of hydrogen-bond acceptors (Lipinski definition) is 10. The van der Waals surface area contributed by atoms with Crippen LogP contribution in [0.25, 0.3) is 0 Å². The van der Waals surface area contributed by atoms with Crippen LogP contribution in [0.4, 0.5) is 0 Å². The van der Waals surface area contributed by atoms with Gasteiger partial charge in [0.1, 0.15) is 30.5 Å². The second-order valence-electron chi connectivity index (χ2n) is 5.29. The third-order valence-corrected chi connectivity index (χ3v) is 3.83. The second-order valence-corrected chi connectivity index (χ2v) is 5.29. The molecule has 7 atom stereocenters. The van der Waals surface area contributed by atoms with E-state index in [-0.39, 0.29) is 5.76 Å². The molecule has 0 aliphatic carbocycles. The summed E-state index contributed by atoms with van der Waals surface area (Å²) >= 11 is 0. The fourth-order valence-corrected chi connectivity index (χ4v) is 2.46. The van der Waals surface area contributed by atoms with Gasteiger partial charge in [-0.05, 0) is 0 Å². The van der Waals surface area contributed by atoms with E-state index >= 15 is 0 Å². The molecule has 2 rings (SSSR count). The zero-order valence-electron chi connectivity index (χ0n) is 12.6. The number of nitrogens with one attached hydrogen (secondary N) is 1. The molecule has 0 saturated carbocycles. The quantitative estimate of drug-likeness (QED) is 0.294. The van der Waals surface area contributed by atoms with Crippen LogP contribution in [0.3, 0.4) is 0 Å². The molecule has 0 aromatic heterocycles. The molecule has 24 heavy (non-hydrogen) atoms. The van der Waals surface area contributed by atoms with Crippen molar-refractivity contribution >= 4 is 5.91 Å². The molecule has 0 unspecified atom stereocenters. The Bertz CT molecular complexity index is 560. The average Bonchev–Trinajstić information content (AvgIpc) is 2.57. The predicted molar refractivity (Wildman–Crippen MR) is 72.4 cm³/mol.